The molecule has 0 amide bonds. The molecule has 2 N–H and O–H groups in total. The minimum Gasteiger partial charge on any atom is -0.477 e. The van der Waals surface area contributed by atoms with E-state index >= 15 is 0 Å². The molecule has 0 aliphatic carbocycles. The number of aryl methyl sites for hydroxylation is 1. The third kappa shape index (κ3) is 1.25. The van der Waals surface area contributed by atoms with Crippen LogP contribution >= 0.6 is 0 Å². The molecule has 0 atom stereocenters. The summed E-state index contributed by atoms with van der Waals surface area (Å²) in [4.78, 5) is 14.1. The third-order valence-corrected chi connectivity index (χ3v) is 2.96. The van der Waals surface area contributed by atoms with Gasteiger partial charge in [-0.2, -0.15) is 0 Å². The van der Waals surface area contributed by atoms with Gasteiger partial charge in [0.25, 0.3) is 0 Å². The maximum Gasteiger partial charge on any atom is 0.352 e. The van der Waals surface area contributed by atoms with Gasteiger partial charge in [0.1, 0.15) is 11.5 Å². The topological polar surface area (TPSA) is 58.0 Å². The van der Waals surface area contributed by atoms with E-state index in [1.54, 1.807) is 23.7 Å². The number of carboxylic acids is 1. The van der Waals surface area contributed by atoms with Crippen molar-refractivity contribution in [3.05, 3.63) is 35.8 Å². The number of nitrogens with one attached hydrogen (secondary N) is 1. The van der Waals surface area contributed by atoms with Crippen LogP contribution in [0.3, 0.4) is 0 Å². The van der Waals surface area contributed by atoms with Crippen molar-refractivity contribution < 1.29 is 14.3 Å². The highest BCUT2D eigenvalue weighted by Gasteiger charge is 2.16. The standard InChI is InChI=1S/C12H9FN2O2/c1-15-10(12(16)17)5-9-11(15)7-4-6(13)2-3-8(7)14-9/h2-5,14H,1H3,(H,16,17). The first-order valence-corrected chi connectivity index (χ1v) is 5.08. The predicted octanol–water partition coefficient (Wildman–Crippen LogP) is 2.50. The highest BCUT2D eigenvalue weighted by molar-refractivity contribution is 6.08. The van der Waals surface area contributed by atoms with E-state index in [0.717, 1.165) is 5.52 Å². The van der Waals surface area contributed by atoms with Crippen LogP contribution in [-0.4, -0.2) is 20.6 Å². The number of carboxylic acid groups (broad SMARTS) is 1. The number of hydrogen-bond acceptors (Lipinski definition) is 1. The summed E-state index contributed by atoms with van der Waals surface area (Å²) in [5.41, 5.74) is 2.38. The quantitative estimate of drug-likeness (QED) is 0.677. The van der Waals surface area contributed by atoms with Crippen molar-refractivity contribution in [1.82, 2.24) is 9.55 Å². The zero-order valence-electron chi connectivity index (χ0n) is 8.99. The Balaban J connectivity index is 2.48. The van der Waals surface area contributed by atoms with Crippen molar-refractivity contribution in [1.29, 1.82) is 0 Å². The summed E-state index contributed by atoms with van der Waals surface area (Å²) in [5.74, 6) is -1.34. The number of fused-ring (bicyclic) bond motifs is 3. The lowest BCUT2D eigenvalue weighted by Crippen LogP contribution is -2.03. The van der Waals surface area contributed by atoms with Gasteiger partial charge in [0.05, 0.1) is 11.0 Å². The van der Waals surface area contributed by atoms with Crippen LogP contribution in [-0.2, 0) is 7.05 Å². The normalized spacial score (nSPS) is 11.4. The predicted molar refractivity (Wildman–Crippen MR) is 61.7 cm³/mol. The van der Waals surface area contributed by atoms with Crippen molar-refractivity contribution in [3.63, 3.8) is 0 Å². The molecule has 0 unspecified atom stereocenters. The van der Waals surface area contributed by atoms with E-state index < -0.39 is 5.97 Å². The van der Waals surface area contributed by atoms with Crippen LogP contribution in [0.2, 0.25) is 0 Å². The lowest BCUT2D eigenvalue weighted by Gasteiger charge is -1.99. The zero-order valence-corrected chi connectivity index (χ0v) is 8.99. The average molecular weight is 232 g/mol. The Hall–Kier alpha value is -2.30. The van der Waals surface area contributed by atoms with Gasteiger partial charge in [-0.05, 0) is 24.3 Å². The SMILES string of the molecule is Cn1c(C(=O)O)cc2[nH]c3ccc(F)cc3c21. The van der Waals surface area contributed by atoms with Gasteiger partial charge in [0.15, 0.2) is 0 Å². The molecule has 4 nitrogen and oxygen atoms in total. The number of nitrogens with zero attached hydrogens (tertiary/aromatic N) is 1. The Bertz CT molecular complexity index is 755. The van der Waals surface area contributed by atoms with E-state index in [2.05, 4.69) is 4.98 Å². The molecule has 0 saturated heterocycles. The maximum absolute atomic E-state index is 13.2. The largest absolute Gasteiger partial charge is 0.477 e. The van der Waals surface area contributed by atoms with Crippen molar-refractivity contribution in [3.8, 4) is 0 Å². The van der Waals surface area contributed by atoms with E-state index in [4.69, 9.17) is 5.11 Å². The molecule has 0 fully saturated rings. The van der Waals surface area contributed by atoms with Crippen LogP contribution in [0.4, 0.5) is 4.39 Å². The van der Waals surface area contributed by atoms with E-state index in [9.17, 15) is 9.18 Å². The van der Waals surface area contributed by atoms with E-state index in [1.807, 2.05) is 0 Å². The molecule has 5 heteroatoms. The van der Waals surface area contributed by atoms with Crippen LogP contribution in [0.5, 0.6) is 0 Å². The lowest BCUT2D eigenvalue weighted by atomic mass is 10.2. The molecule has 0 saturated carbocycles. The number of rotatable bonds is 1. The molecule has 1 aromatic carbocycles. The molecule has 0 radical (unpaired) electrons. The number of aromatic nitrogens is 2. The van der Waals surface area contributed by atoms with Gasteiger partial charge in [-0.1, -0.05) is 0 Å². The smallest absolute Gasteiger partial charge is 0.352 e. The first-order chi connectivity index (χ1) is 8.08. The van der Waals surface area contributed by atoms with Crippen molar-refractivity contribution >= 4 is 27.9 Å². The molecular formula is C12H9FN2O2. The molecule has 0 bridgehead atoms. The summed E-state index contributed by atoms with van der Waals surface area (Å²) >= 11 is 0. The first-order valence-electron chi connectivity index (χ1n) is 5.08. The molecule has 0 aliphatic rings. The van der Waals surface area contributed by atoms with Gasteiger partial charge < -0.3 is 14.7 Å². The van der Waals surface area contributed by atoms with Gasteiger partial charge in [-0.15, -0.1) is 0 Å². The number of H-pyrrole nitrogens is 1. The number of hydrogen-bond donors (Lipinski definition) is 2. The minimum atomic E-state index is -0.998. The second-order valence-electron chi connectivity index (χ2n) is 3.97. The van der Waals surface area contributed by atoms with Gasteiger partial charge >= 0.3 is 5.97 Å². The lowest BCUT2D eigenvalue weighted by molar-refractivity contribution is 0.0687. The number of aromatic carboxylic acids is 1. The Morgan fingerprint density at radius 3 is 2.82 bits per heavy atom. The monoisotopic (exact) mass is 232 g/mol. The summed E-state index contributed by atoms with van der Waals surface area (Å²) in [6.07, 6.45) is 0. The fourth-order valence-electron chi connectivity index (χ4n) is 2.20. The van der Waals surface area contributed by atoms with E-state index in [1.165, 1.54) is 12.1 Å². The van der Waals surface area contributed by atoms with Gasteiger partial charge in [0.2, 0.25) is 0 Å². The molecule has 2 heterocycles. The molecule has 2 aromatic heterocycles. The molecule has 17 heavy (non-hydrogen) atoms. The fourth-order valence-corrected chi connectivity index (χ4v) is 2.20. The van der Waals surface area contributed by atoms with E-state index in [0.29, 0.717) is 16.4 Å². The summed E-state index contributed by atoms with van der Waals surface area (Å²) in [7, 11) is 1.66. The Labute approximate surface area is 95.3 Å². The third-order valence-electron chi connectivity index (χ3n) is 2.96. The van der Waals surface area contributed by atoms with E-state index in [-0.39, 0.29) is 11.5 Å². The number of aromatic amines is 1. The number of halogens is 1. The van der Waals surface area contributed by atoms with Crippen LogP contribution < -0.4 is 0 Å². The average Bonchev–Trinajstić information content (AvgIpc) is 2.76. The molecule has 86 valence electrons. The Morgan fingerprint density at radius 2 is 2.12 bits per heavy atom. The van der Waals surface area contributed by atoms with Gasteiger partial charge in [-0.25, -0.2) is 9.18 Å². The van der Waals surface area contributed by atoms with Crippen molar-refractivity contribution in [2.75, 3.05) is 0 Å². The zero-order chi connectivity index (χ0) is 12.2. The van der Waals surface area contributed by atoms with Gasteiger partial charge in [-0.3, -0.25) is 0 Å². The van der Waals surface area contributed by atoms with Crippen LogP contribution in [0.25, 0.3) is 21.9 Å². The van der Waals surface area contributed by atoms with Crippen LogP contribution in [0.15, 0.2) is 24.3 Å². The molecule has 3 aromatic rings. The summed E-state index contributed by atoms with van der Waals surface area (Å²) in [6, 6.07) is 5.97. The molecular weight excluding hydrogens is 223 g/mol. The van der Waals surface area contributed by atoms with Crippen LogP contribution in [0.1, 0.15) is 10.5 Å². The summed E-state index contributed by atoms with van der Waals surface area (Å²) < 4.78 is 14.8. The number of benzene rings is 1. The fraction of sp³-hybridized carbons (Fsp3) is 0.0833. The molecule has 0 spiro atoms. The molecule has 0 aliphatic heterocycles. The first kappa shape index (κ1) is 9.89. The van der Waals surface area contributed by atoms with Crippen LogP contribution in [0, 0.1) is 5.82 Å². The Morgan fingerprint density at radius 1 is 1.35 bits per heavy atom. The van der Waals surface area contributed by atoms with Crippen molar-refractivity contribution in [2.24, 2.45) is 7.05 Å². The number of carbonyl (C=O) groups is 1. The summed E-state index contributed by atoms with van der Waals surface area (Å²) in [5, 5.41) is 9.69. The molecule has 3 rings (SSSR count). The van der Waals surface area contributed by atoms with Crippen molar-refractivity contribution in [2.45, 2.75) is 0 Å². The Kier molecular flexibility index (Phi) is 1.80. The maximum atomic E-state index is 13.2. The highest BCUT2D eigenvalue weighted by atomic mass is 19.1. The minimum absolute atomic E-state index is 0.178. The second-order valence-corrected chi connectivity index (χ2v) is 3.97. The summed E-state index contributed by atoms with van der Waals surface area (Å²) in [6.45, 7) is 0. The second kappa shape index (κ2) is 3.10. The van der Waals surface area contributed by atoms with Gasteiger partial charge in [0, 0.05) is 18.0 Å². The highest BCUT2D eigenvalue weighted by Crippen LogP contribution is 2.28.